The minimum atomic E-state index is 0.299. The lowest BCUT2D eigenvalue weighted by Gasteiger charge is -2.16. The molecule has 0 fully saturated rings. The molecule has 0 atom stereocenters. The summed E-state index contributed by atoms with van der Waals surface area (Å²) in [6.07, 6.45) is 0. The molecule has 0 spiro atoms. The quantitative estimate of drug-likeness (QED) is 0.314. The van der Waals surface area contributed by atoms with Gasteiger partial charge in [0.05, 0.1) is 45.1 Å². The van der Waals surface area contributed by atoms with E-state index in [9.17, 15) is 0 Å². The molecule has 0 amide bonds. The SMILES string of the molecule is CCOc1cc(-c2nc(-c3cc4cc(OC)ccc4nc3OC)no2)cc(OCC)c1OCC. The van der Waals surface area contributed by atoms with Crippen LogP contribution in [0.1, 0.15) is 20.8 Å². The molecule has 2 aromatic carbocycles. The van der Waals surface area contributed by atoms with Gasteiger partial charge >= 0.3 is 0 Å². The zero-order valence-electron chi connectivity index (χ0n) is 19.9. The Kier molecular flexibility index (Phi) is 7.01. The Morgan fingerprint density at radius 2 is 1.50 bits per heavy atom. The largest absolute Gasteiger partial charge is 0.497 e. The summed E-state index contributed by atoms with van der Waals surface area (Å²) in [6.45, 7) is 7.12. The summed E-state index contributed by atoms with van der Waals surface area (Å²) in [5.74, 6) is 3.39. The first-order chi connectivity index (χ1) is 16.6. The van der Waals surface area contributed by atoms with Crippen LogP contribution in [0.25, 0.3) is 33.7 Å². The molecule has 4 aromatic rings. The van der Waals surface area contributed by atoms with Gasteiger partial charge in [-0.1, -0.05) is 5.16 Å². The summed E-state index contributed by atoms with van der Waals surface area (Å²) in [4.78, 5) is 9.19. The number of pyridine rings is 1. The van der Waals surface area contributed by atoms with E-state index in [-0.39, 0.29) is 0 Å². The number of fused-ring (bicyclic) bond motifs is 1. The molecule has 0 aliphatic heterocycles. The fourth-order valence-electron chi connectivity index (χ4n) is 3.54. The Labute approximate surface area is 197 Å². The molecule has 0 saturated carbocycles. The highest BCUT2D eigenvalue weighted by atomic mass is 16.5. The molecule has 0 N–H and O–H groups in total. The number of hydrogen-bond donors (Lipinski definition) is 0. The molecule has 2 aromatic heterocycles. The molecule has 0 saturated heterocycles. The first-order valence-corrected chi connectivity index (χ1v) is 11.0. The topological polar surface area (TPSA) is 98.0 Å². The van der Waals surface area contributed by atoms with Gasteiger partial charge in [-0.25, -0.2) is 4.98 Å². The summed E-state index contributed by atoms with van der Waals surface area (Å²) in [5, 5.41) is 5.04. The maximum atomic E-state index is 5.80. The van der Waals surface area contributed by atoms with Crippen LogP contribution < -0.4 is 23.7 Å². The van der Waals surface area contributed by atoms with E-state index >= 15 is 0 Å². The molecule has 4 rings (SSSR count). The van der Waals surface area contributed by atoms with Crippen LogP contribution in [0.3, 0.4) is 0 Å². The lowest BCUT2D eigenvalue weighted by Crippen LogP contribution is -2.03. The van der Waals surface area contributed by atoms with Gasteiger partial charge in [0.25, 0.3) is 5.89 Å². The zero-order valence-corrected chi connectivity index (χ0v) is 19.9. The fourth-order valence-corrected chi connectivity index (χ4v) is 3.54. The Hall–Kier alpha value is -4.01. The molecule has 178 valence electrons. The lowest BCUT2D eigenvalue weighted by atomic mass is 10.1. The predicted octanol–water partition coefficient (Wildman–Crippen LogP) is 5.17. The third-order valence-electron chi connectivity index (χ3n) is 5.00. The zero-order chi connectivity index (χ0) is 24.1. The second kappa shape index (κ2) is 10.3. The summed E-state index contributed by atoms with van der Waals surface area (Å²) >= 11 is 0. The van der Waals surface area contributed by atoms with Crippen molar-refractivity contribution in [1.29, 1.82) is 0 Å². The number of ether oxygens (including phenoxy) is 5. The van der Waals surface area contributed by atoms with Crippen molar-refractivity contribution in [1.82, 2.24) is 15.1 Å². The smallest absolute Gasteiger partial charge is 0.258 e. The monoisotopic (exact) mass is 465 g/mol. The Balaban J connectivity index is 1.79. The number of rotatable bonds is 10. The standard InChI is InChI=1S/C25H27N3O6/c1-6-31-20-13-16(14-21(32-7-2)22(20)33-8-3)24-27-23(28-34-24)18-12-15-11-17(29-4)9-10-19(15)26-25(18)30-5/h9-14H,6-8H2,1-5H3. The van der Waals surface area contributed by atoms with Crippen LogP contribution in [0.15, 0.2) is 40.9 Å². The molecule has 0 unspecified atom stereocenters. The first kappa shape index (κ1) is 23.2. The molecule has 0 bridgehead atoms. The van der Waals surface area contributed by atoms with E-state index in [0.29, 0.717) is 65.8 Å². The van der Waals surface area contributed by atoms with Crippen molar-refractivity contribution in [3.63, 3.8) is 0 Å². The van der Waals surface area contributed by atoms with Crippen molar-refractivity contribution in [3.8, 4) is 51.7 Å². The highest BCUT2D eigenvalue weighted by Crippen LogP contribution is 2.42. The van der Waals surface area contributed by atoms with E-state index in [1.54, 1.807) is 26.4 Å². The van der Waals surface area contributed by atoms with Crippen molar-refractivity contribution in [2.45, 2.75) is 20.8 Å². The Morgan fingerprint density at radius 1 is 0.794 bits per heavy atom. The maximum absolute atomic E-state index is 5.80. The highest BCUT2D eigenvalue weighted by molar-refractivity contribution is 5.86. The molecule has 0 radical (unpaired) electrons. The number of methoxy groups -OCH3 is 2. The first-order valence-electron chi connectivity index (χ1n) is 11.0. The van der Waals surface area contributed by atoms with Crippen LogP contribution in [0, 0.1) is 0 Å². The van der Waals surface area contributed by atoms with Crippen LogP contribution in [-0.2, 0) is 0 Å². The third kappa shape index (κ3) is 4.54. The average molecular weight is 466 g/mol. The molecule has 0 aliphatic carbocycles. The second-order valence-electron chi connectivity index (χ2n) is 7.13. The van der Waals surface area contributed by atoms with Crippen LogP contribution in [0.5, 0.6) is 28.9 Å². The van der Waals surface area contributed by atoms with Crippen LogP contribution in [0.2, 0.25) is 0 Å². The van der Waals surface area contributed by atoms with Crippen molar-refractivity contribution in [2.24, 2.45) is 0 Å². The average Bonchev–Trinajstić information content (AvgIpc) is 3.35. The maximum Gasteiger partial charge on any atom is 0.258 e. The Bertz CT molecular complexity index is 1260. The van der Waals surface area contributed by atoms with Crippen molar-refractivity contribution < 1.29 is 28.2 Å². The van der Waals surface area contributed by atoms with E-state index in [0.717, 1.165) is 16.7 Å². The third-order valence-corrected chi connectivity index (χ3v) is 5.00. The van der Waals surface area contributed by atoms with Gasteiger partial charge in [0.1, 0.15) is 5.75 Å². The van der Waals surface area contributed by atoms with Gasteiger partial charge in [0, 0.05) is 10.9 Å². The van der Waals surface area contributed by atoms with E-state index in [1.165, 1.54) is 0 Å². The van der Waals surface area contributed by atoms with Gasteiger partial charge < -0.3 is 28.2 Å². The highest BCUT2D eigenvalue weighted by Gasteiger charge is 2.21. The molecular weight excluding hydrogens is 438 g/mol. The van der Waals surface area contributed by atoms with Gasteiger partial charge in [-0.15, -0.1) is 0 Å². The minimum Gasteiger partial charge on any atom is -0.497 e. The van der Waals surface area contributed by atoms with Gasteiger partial charge in [0.2, 0.25) is 17.5 Å². The van der Waals surface area contributed by atoms with E-state index in [1.807, 2.05) is 45.0 Å². The molecule has 34 heavy (non-hydrogen) atoms. The van der Waals surface area contributed by atoms with Crippen LogP contribution >= 0.6 is 0 Å². The van der Waals surface area contributed by atoms with Gasteiger partial charge in [0.15, 0.2) is 11.5 Å². The van der Waals surface area contributed by atoms with Crippen molar-refractivity contribution in [3.05, 3.63) is 36.4 Å². The number of hydrogen-bond acceptors (Lipinski definition) is 9. The van der Waals surface area contributed by atoms with Gasteiger partial charge in [-0.3, -0.25) is 0 Å². The Morgan fingerprint density at radius 3 is 2.12 bits per heavy atom. The van der Waals surface area contributed by atoms with E-state index in [2.05, 4.69) is 15.1 Å². The number of benzene rings is 2. The lowest BCUT2D eigenvalue weighted by molar-refractivity contribution is 0.261. The summed E-state index contributed by atoms with van der Waals surface area (Å²) in [5.41, 5.74) is 2.00. The number of nitrogens with zero attached hydrogens (tertiary/aromatic N) is 3. The van der Waals surface area contributed by atoms with E-state index in [4.69, 9.17) is 28.2 Å². The van der Waals surface area contributed by atoms with Crippen LogP contribution in [0.4, 0.5) is 0 Å². The molecule has 9 nitrogen and oxygen atoms in total. The van der Waals surface area contributed by atoms with Gasteiger partial charge in [-0.05, 0) is 57.2 Å². The predicted molar refractivity (Wildman–Crippen MR) is 127 cm³/mol. The summed E-state index contributed by atoms with van der Waals surface area (Å²) in [6, 6.07) is 11.1. The number of aromatic nitrogens is 3. The van der Waals surface area contributed by atoms with E-state index < -0.39 is 0 Å². The second-order valence-corrected chi connectivity index (χ2v) is 7.13. The molecule has 9 heteroatoms. The molecule has 0 aliphatic rings. The van der Waals surface area contributed by atoms with Crippen molar-refractivity contribution in [2.75, 3.05) is 34.0 Å². The van der Waals surface area contributed by atoms with Crippen molar-refractivity contribution >= 4 is 10.9 Å². The normalized spacial score (nSPS) is 10.9. The summed E-state index contributed by atoms with van der Waals surface area (Å²) < 4.78 is 33.8. The molecular formula is C25H27N3O6. The molecule has 2 heterocycles. The van der Waals surface area contributed by atoms with Gasteiger partial charge in [-0.2, -0.15) is 4.98 Å². The van der Waals surface area contributed by atoms with Crippen LogP contribution in [-0.4, -0.2) is 49.2 Å². The summed E-state index contributed by atoms with van der Waals surface area (Å²) in [7, 11) is 3.17. The minimum absolute atomic E-state index is 0.299. The fraction of sp³-hybridized carbons (Fsp3) is 0.320.